The van der Waals surface area contributed by atoms with Gasteiger partial charge in [-0.05, 0) is 36.4 Å². The minimum Gasteiger partial charge on any atom is -0.454 e. The largest absolute Gasteiger partial charge is 0.454 e. The van der Waals surface area contributed by atoms with Crippen molar-refractivity contribution in [3.05, 3.63) is 58.6 Å². The molecule has 0 aliphatic heterocycles. The molecule has 0 aliphatic carbocycles. The van der Waals surface area contributed by atoms with Gasteiger partial charge in [-0.2, -0.15) is 0 Å². The maximum atomic E-state index is 13.5. The Morgan fingerprint density at radius 1 is 1.06 bits per heavy atom. The first-order valence-electron chi connectivity index (χ1n) is 5.12. The Morgan fingerprint density at radius 2 is 1.78 bits per heavy atom. The lowest BCUT2D eigenvalue weighted by Crippen LogP contribution is -1.94. The number of aliphatic hydroxyl groups is 1. The Morgan fingerprint density at radius 3 is 2.44 bits per heavy atom. The molecule has 0 saturated carbocycles. The number of aliphatic hydroxyl groups excluding tert-OH is 1. The summed E-state index contributed by atoms with van der Waals surface area (Å²) in [6.45, 7) is -0.400. The zero-order valence-corrected chi connectivity index (χ0v) is 9.92. The fraction of sp³-hybridized carbons (Fsp3) is 0.0769. The van der Waals surface area contributed by atoms with Crippen LogP contribution in [0.1, 0.15) is 5.56 Å². The molecule has 0 bridgehead atoms. The van der Waals surface area contributed by atoms with E-state index in [2.05, 4.69) is 0 Å². The molecule has 5 heteroatoms. The smallest absolute Gasteiger partial charge is 0.167 e. The summed E-state index contributed by atoms with van der Waals surface area (Å²) >= 11 is 5.61. The quantitative estimate of drug-likeness (QED) is 0.916. The molecule has 0 amide bonds. The van der Waals surface area contributed by atoms with E-state index in [-0.39, 0.29) is 22.1 Å². The van der Waals surface area contributed by atoms with E-state index < -0.39 is 18.2 Å². The fourth-order valence-electron chi connectivity index (χ4n) is 1.45. The summed E-state index contributed by atoms with van der Waals surface area (Å²) in [6.07, 6.45) is 0. The molecule has 0 heterocycles. The summed E-state index contributed by atoms with van der Waals surface area (Å²) in [7, 11) is 0. The highest BCUT2D eigenvalue weighted by atomic mass is 35.5. The number of ether oxygens (including phenoxy) is 1. The molecular weight excluding hydrogens is 262 g/mol. The molecule has 2 nitrogen and oxygen atoms in total. The fourth-order valence-corrected chi connectivity index (χ4v) is 1.61. The summed E-state index contributed by atoms with van der Waals surface area (Å²) in [5.41, 5.74) is 0.240. The van der Waals surface area contributed by atoms with Gasteiger partial charge in [0.25, 0.3) is 0 Å². The molecule has 0 unspecified atom stereocenters. The molecule has 0 radical (unpaired) electrons. The van der Waals surface area contributed by atoms with E-state index >= 15 is 0 Å². The zero-order chi connectivity index (χ0) is 13.1. The highest BCUT2D eigenvalue weighted by molar-refractivity contribution is 6.30. The van der Waals surface area contributed by atoms with Gasteiger partial charge >= 0.3 is 0 Å². The predicted molar refractivity (Wildman–Crippen MR) is 63.8 cm³/mol. The minimum atomic E-state index is -0.629. The van der Waals surface area contributed by atoms with Gasteiger partial charge in [-0.15, -0.1) is 0 Å². The average Bonchev–Trinajstić information content (AvgIpc) is 2.34. The summed E-state index contributed by atoms with van der Waals surface area (Å²) in [5.74, 6) is -0.973. The van der Waals surface area contributed by atoms with E-state index in [0.717, 1.165) is 12.1 Å². The second kappa shape index (κ2) is 5.33. The lowest BCUT2D eigenvalue weighted by molar-refractivity contribution is 0.275. The highest BCUT2D eigenvalue weighted by Crippen LogP contribution is 2.29. The van der Waals surface area contributed by atoms with Crippen LogP contribution in [0.25, 0.3) is 0 Å². The Bertz CT molecular complexity index is 573. The maximum Gasteiger partial charge on any atom is 0.167 e. The molecule has 0 aliphatic rings. The van der Waals surface area contributed by atoms with Crippen molar-refractivity contribution in [1.29, 1.82) is 0 Å². The van der Waals surface area contributed by atoms with Crippen LogP contribution in [0.3, 0.4) is 0 Å². The van der Waals surface area contributed by atoms with Gasteiger partial charge < -0.3 is 9.84 Å². The Labute approximate surface area is 107 Å². The molecule has 2 aromatic carbocycles. The Hall–Kier alpha value is -1.65. The van der Waals surface area contributed by atoms with E-state index in [0.29, 0.717) is 0 Å². The first-order valence-corrected chi connectivity index (χ1v) is 5.50. The Kier molecular flexibility index (Phi) is 3.79. The van der Waals surface area contributed by atoms with E-state index in [4.69, 9.17) is 21.4 Å². The van der Waals surface area contributed by atoms with E-state index in [1.54, 1.807) is 0 Å². The van der Waals surface area contributed by atoms with Crippen LogP contribution in [0.5, 0.6) is 11.5 Å². The second-order valence-corrected chi connectivity index (χ2v) is 4.02. The second-order valence-electron chi connectivity index (χ2n) is 3.59. The lowest BCUT2D eigenvalue weighted by Gasteiger charge is -2.10. The number of hydrogen-bond acceptors (Lipinski definition) is 2. The van der Waals surface area contributed by atoms with Gasteiger partial charge in [0.15, 0.2) is 11.6 Å². The van der Waals surface area contributed by atoms with Crippen LogP contribution >= 0.6 is 11.6 Å². The lowest BCUT2D eigenvalue weighted by atomic mass is 10.2. The third-order valence-corrected chi connectivity index (χ3v) is 2.54. The van der Waals surface area contributed by atoms with Crippen LogP contribution in [-0.4, -0.2) is 5.11 Å². The van der Waals surface area contributed by atoms with Gasteiger partial charge in [-0.1, -0.05) is 11.6 Å². The van der Waals surface area contributed by atoms with Crippen LogP contribution < -0.4 is 4.74 Å². The summed E-state index contributed by atoms with van der Waals surface area (Å²) in [5, 5.41) is 9.32. The van der Waals surface area contributed by atoms with Crippen LogP contribution in [0.4, 0.5) is 8.78 Å². The molecule has 1 N–H and O–H groups in total. The molecule has 94 valence electrons. The molecule has 0 saturated heterocycles. The molecule has 0 spiro atoms. The van der Waals surface area contributed by atoms with Crippen molar-refractivity contribution in [3.63, 3.8) is 0 Å². The summed E-state index contributed by atoms with van der Waals surface area (Å²) in [4.78, 5) is 0. The van der Waals surface area contributed by atoms with Crippen LogP contribution in [0, 0.1) is 11.6 Å². The number of benzene rings is 2. The number of halogens is 3. The predicted octanol–water partition coefficient (Wildman–Crippen LogP) is 3.90. The number of hydrogen-bond donors (Lipinski definition) is 1. The van der Waals surface area contributed by atoms with E-state index in [9.17, 15) is 8.78 Å². The monoisotopic (exact) mass is 270 g/mol. The molecule has 2 aromatic rings. The van der Waals surface area contributed by atoms with Crippen molar-refractivity contribution in [1.82, 2.24) is 0 Å². The van der Waals surface area contributed by atoms with Crippen molar-refractivity contribution in [2.75, 3.05) is 0 Å². The van der Waals surface area contributed by atoms with Crippen LogP contribution in [0.2, 0.25) is 5.02 Å². The van der Waals surface area contributed by atoms with Crippen molar-refractivity contribution in [2.24, 2.45) is 0 Å². The van der Waals surface area contributed by atoms with Crippen molar-refractivity contribution in [2.45, 2.75) is 6.61 Å². The third kappa shape index (κ3) is 2.78. The maximum absolute atomic E-state index is 13.5. The van der Waals surface area contributed by atoms with Crippen molar-refractivity contribution < 1.29 is 18.6 Å². The topological polar surface area (TPSA) is 29.5 Å². The highest BCUT2D eigenvalue weighted by Gasteiger charge is 2.09. The first kappa shape index (κ1) is 12.8. The molecule has 0 atom stereocenters. The first-order chi connectivity index (χ1) is 8.60. The van der Waals surface area contributed by atoms with Crippen LogP contribution in [0.15, 0.2) is 36.4 Å². The molecule has 18 heavy (non-hydrogen) atoms. The van der Waals surface area contributed by atoms with Crippen molar-refractivity contribution >= 4 is 11.6 Å². The van der Waals surface area contributed by atoms with Gasteiger partial charge in [0.2, 0.25) is 0 Å². The molecular formula is C13H9ClF2O2. The summed E-state index contributed by atoms with van der Waals surface area (Å²) in [6, 6.07) is 7.57. The minimum absolute atomic E-state index is 0.0410. The van der Waals surface area contributed by atoms with Gasteiger partial charge in [0.1, 0.15) is 11.6 Å². The van der Waals surface area contributed by atoms with E-state index in [1.165, 1.54) is 24.3 Å². The van der Waals surface area contributed by atoms with Crippen LogP contribution in [-0.2, 0) is 6.61 Å². The standard InChI is InChI=1S/C13H9ClF2O2/c14-9-1-3-13(11(16)6-9)18-12-4-2-10(15)5-8(12)7-17/h1-6,17H,7H2. The normalized spacial score (nSPS) is 10.4. The van der Waals surface area contributed by atoms with Gasteiger partial charge in [0.05, 0.1) is 6.61 Å². The average molecular weight is 271 g/mol. The van der Waals surface area contributed by atoms with Crippen molar-refractivity contribution in [3.8, 4) is 11.5 Å². The Balaban J connectivity index is 2.33. The SMILES string of the molecule is OCc1cc(F)ccc1Oc1ccc(Cl)cc1F. The van der Waals surface area contributed by atoms with Gasteiger partial charge in [-0.25, -0.2) is 8.78 Å². The van der Waals surface area contributed by atoms with E-state index in [1.807, 2.05) is 0 Å². The number of rotatable bonds is 3. The molecule has 0 aromatic heterocycles. The van der Waals surface area contributed by atoms with Gasteiger partial charge in [0, 0.05) is 10.6 Å². The third-order valence-electron chi connectivity index (χ3n) is 2.31. The summed E-state index contributed by atoms with van der Waals surface area (Å²) < 4.78 is 31.7. The van der Waals surface area contributed by atoms with Gasteiger partial charge in [-0.3, -0.25) is 0 Å². The molecule has 0 fully saturated rings. The zero-order valence-electron chi connectivity index (χ0n) is 9.16. The molecule has 2 rings (SSSR count).